The Hall–Kier alpha value is -2.40. The van der Waals surface area contributed by atoms with E-state index in [-0.39, 0.29) is 31.0 Å². The third-order valence-corrected chi connectivity index (χ3v) is 5.60. The number of hydrogen-bond donors (Lipinski definition) is 2. The van der Waals surface area contributed by atoms with Crippen LogP contribution in [0.25, 0.3) is 11.2 Å². The summed E-state index contributed by atoms with van der Waals surface area (Å²) >= 11 is 0. The molecule has 0 radical (unpaired) electrons. The quantitative estimate of drug-likeness (QED) is 0.422. The Labute approximate surface area is 181 Å². The fourth-order valence-electron chi connectivity index (χ4n) is 3.19. The summed E-state index contributed by atoms with van der Waals surface area (Å²) in [7, 11) is 1.48. The maximum Gasteiger partial charge on any atom is 0.613 e. The number of carbonyl (C=O) groups excluding carboxylic acids is 1. The second-order valence-corrected chi connectivity index (χ2v) is 8.83. The van der Waals surface area contributed by atoms with Crippen molar-refractivity contribution in [1.29, 1.82) is 0 Å². The maximum atomic E-state index is 12.1. The topological polar surface area (TPSA) is 147 Å². The van der Waals surface area contributed by atoms with E-state index in [0.29, 0.717) is 29.8 Å². The summed E-state index contributed by atoms with van der Waals surface area (Å²) in [4.78, 5) is 26.6. The SMILES string of the molecule is CC(C)OC(=O)[C@@H](C)N[P+](=O)OC[C@@H]1CC[C@H](n2cnc3c(N(C)C)nc(N)nc32)O1. The molecule has 2 aromatic rings. The van der Waals surface area contributed by atoms with Crippen molar-refractivity contribution in [3.05, 3.63) is 6.33 Å². The minimum atomic E-state index is -2.24. The molecule has 31 heavy (non-hydrogen) atoms. The number of nitrogens with one attached hydrogen (secondary N) is 1. The number of aromatic nitrogens is 4. The molecule has 0 aliphatic carbocycles. The molecule has 1 fully saturated rings. The van der Waals surface area contributed by atoms with Gasteiger partial charge in [-0.1, -0.05) is 5.09 Å². The molecule has 1 aliphatic heterocycles. The lowest BCUT2D eigenvalue weighted by molar-refractivity contribution is -0.149. The fraction of sp³-hybridized carbons (Fsp3) is 0.667. The van der Waals surface area contributed by atoms with Crippen molar-refractivity contribution in [3.8, 4) is 0 Å². The number of nitrogens with two attached hydrogens (primary N) is 1. The molecule has 0 amide bonds. The molecule has 1 aliphatic rings. The number of nitrogen functional groups attached to an aromatic ring is 1. The molecule has 3 heterocycles. The van der Waals surface area contributed by atoms with Gasteiger partial charge >= 0.3 is 14.1 Å². The summed E-state index contributed by atoms with van der Waals surface area (Å²) in [5, 5.41) is 2.60. The first-order chi connectivity index (χ1) is 14.7. The Morgan fingerprint density at radius 1 is 1.39 bits per heavy atom. The van der Waals surface area contributed by atoms with Gasteiger partial charge in [-0.25, -0.2) is 4.98 Å². The standard InChI is InChI=1S/C18H29N7O5P/c1-10(2)29-17(26)11(3)23-31(27)28-8-12-6-7-13(30-12)25-9-20-14-15(24(4)5)21-18(19)22-16(14)25/h9-13H,6-8H2,1-5H3,(H,23,27)(H2,19,21,22)/q+1/t11-,12+,13-/m1/s1. The number of carbonyl (C=O) groups is 1. The first kappa shape index (κ1) is 23.3. The number of nitrogens with zero attached hydrogens (tertiary/aromatic N) is 5. The van der Waals surface area contributed by atoms with Gasteiger partial charge in [0.2, 0.25) is 5.95 Å². The highest BCUT2D eigenvalue weighted by Crippen LogP contribution is 2.33. The van der Waals surface area contributed by atoms with Gasteiger partial charge in [-0.3, -0.25) is 9.36 Å². The average Bonchev–Trinajstić information content (AvgIpc) is 3.31. The summed E-state index contributed by atoms with van der Waals surface area (Å²) < 4.78 is 30.4. The lowest BCUT2D eigenvalue weighted by Crippen LogP contribution is -2.33. The molecule has 0 saturated carbocycles. The van der Waals surface area contributed by atoms with Gasteiger partial charge in [0.05, 0.1) is 18.5 Å². The van der Waals surface area contributed by atoms with E-state index in [2.05, 4.69) is 20.0 Å². The van der Waals surface area contributed by atoms with Gasteiger partial charge in [-0.05, 0) is 38.2 Å². The van der Waals surface area contributed by atoms with Crippen LogP contribution >= 0.6 is 8.18 Å². The van der Waals surface area contributed by atoms with Gasteiger partial charge < -0.3 is 20.1 Å². The number of esters is 1. The van der Waals surface area contributed by atoms with Crippen molar-refractivity contribution in [2.45, 2.75) is 58.1 Å². The second kappa shape index (κ2) is 9.82. The number of ether oxygens (including phenoxy) is 2. The third-order valence-electron chi connectivity index (χ3n) is 4.62. The highest BCUT2D eigenvalue weighted by atomic mass is 31.1. The van der Waals surface area contributed by atoms with E-state index in [1.165, 1.54) is 0 Å². The molecule has 12 nitrogen and oxygen atoms in total. The lowest BCUT2D eigenvalue weighted by atomic mass is 10.2. The van der Waals surface area contributed by atoms with Crippen LogP contribution in [0.15, 0.2) is 6.33 Å². The Bertz CT molecular complexity index is 951. The first-order valence-electron chi connectivity index (χ1n) is 10.0. The molecular formula is C18H29N7O5P+. The highest BCUT2D eigenvalue weighted by Gasteiger charge is 2.33. The summed E-state index contributed by atoms with van der Waals surface area (Å²) in [6.45, 7) is 5.20. The molecule has 1 unspecified atom stereocenters. The van der Waals surface area contributed by atoms with Crippen LogP contribution in [-0.2, 0) is 23.4 Å². The predicted octanol–water partition coefficient (Wildman–Crippen LogP) is 1.76. The molecule has 0 aromatic carbocycles. The van der Waals surface area contributed by atoms with Crippen molar-refractivity contribution in [2.75, 3.05) is 31.3 Å². The number of hydrogen-bond acceptors (Lipinski definition) is 10. The Balaban J connectivity index is 1.56. The summed E-state index contributed by atoms with van der Waals surface area (Å²) in [6.07, 6.45) is 2.28. The second-order valence-electron chi connectivity index (χ2n) is 7.80. The Morgan fingerprint density at radius 3 is 2.81 bits per heavy atom. The van der Waals surface area contributed by atoms with Gasteiger partial charge in [0, 0.05) is 14.1 Å². The van der Waals surface area contributed by atoms with Crippen LogP contribution in [0.4, 0.5) is 11.8 Å². The number of fused-ring (bicyclic) bond motifs is 1. The summed E-state index contributed by atoms with van der Waals surface area (Å²) in [5.74, 6) is 0.306. The van der Waals surface area contributed by atoms with Gasteiger partial charge in [0.1, 0.15) is 18.9 Å². The average molecular weight is 454 g/mol. The molecule has 3 N–H and O–H groups in total. The molecule has 2 aromatic heterocycles. The normalized spacial score (nSPS) is 20.3. The molecular weight excluding hydrogens is 425 g/mol. The molecule has 4 atom stereocenters. The van der Waals surface area contributed by atoms with Gasteiger partial charge in [-0.15, -0.1) is 4.52 Å². The largest absolute Gasteiger partial charge is 0.613 e. The zero-order valence-electron chi connectivity index (χ0n) is 18.3. The molecule has 1 saturated heterocycles. The van der Waals surface area contributed by atoms with Crippen LogP contribution < -0.4 is 15.7 Å². The highest BCUT2D eigenvalue weighted by molar-refractivity contribution is 7.36. The van der Waals surface area contributed by atoms with Crippen LogP contribution in [-0.4, -0.2) is 64.4 Å². The van der Waals surface area contributed by atoms with E-state index in [1.807, 2.05) is 23.6 Å². The van der Waals surface area contributed by atoms with Gasteiger partial charge in [0.25, 0.3) is 0 Å². The van der Waals surface area contributed by atoms with E-state index in [1.54, 1.807) is 27.1 Å². The molecule has 170 valence electrons. The van der Waals surface area contributed by atoms with Gasteiger partial charge in [-0.2, -0.15) is 9.97 Å². The smallest absolute Gasteiger partial charge is 0.462 e. The number of anilines is 2. The van der Waals surface area contributed by atoms with Crippen LogP contribution in [0, 0.1) is 0 Å². The van der Waals surface area contributed by atoms with Crippen LogP contribution in [0.2, 0.25) is 0 Å². The monoisotopic (exact) mass is 454 g/mol. The van der Waals surface area contributed by atoms with Crippen molar-refractivity contribution in [3.63, 3.8) is 0 Å². The van der Waals surface area contributed by atoms with E-state index < -0.39 is 20.2 Å². The first-order valence-corrected chi connectivity index (χ1v) is 11.2. The number of imidazole rings is 1. The van der Waals surface area contributed by atoms with Crippen molar-refractivity contribution >= 4 is 37.1 Å². The van der Waals surface area contributed by atoms with Crippen LogP contribution in [0.1, 0.15) is 39.8 Å². The minimum Gasteiger partial charge on any atom is -0.462 e. The van der Waals surface area contributed by atoms with Gasteiger partial charge in [0.15, 0.2) is 17.0 Å². The molecule has 13 heteroatoms. The molecule has 3 rings (SSSR count). The number of rotatable bonds is 9. The Kier molecular flexibility index (Phi) is 7.37. The molecule has 0 spiro atoms. The van der Waals surface area contributed by atoms with Crippen LogP contribution in [0.5, 0.6) is 0 Å². The summed E-state index contributed by atoms with van der Waals surface area (Å²) in [5.41, 5.74) is 7.09. The predicted molar refractivity (Wildman–Crippen MR) is 115 cm³/mol. The van der Waals surface area contributed by atoms with Crippen LogP contribution in [0.3, 0.4) is 0 Å². The minimum absolute atomic E-state index is 0.122. The van der Waals surface area contributed by atoms with E-state index in [0.717, 1.165) is 0 Å². The van der Waals surface area contributed by atoms with E-state index in [4.69, 9.17) is 19.7 Å². The summed E-state index contributed by atoms with van der Waals surface area (Å²) in [6, 6.07) is -0.739. The van der Waals surface area contributed by atoms with E-state index in [9.17, 15) is 9.36 Å². The van der Waals surface area contributed by atoms with Crippen molar-refractivity contribution < 1.29 is 23.4 Å². The van der Waals surface area contributed by atoms with Crippen molar-refractivity contribution in [1.82, 2.24) is 24.6 Å². The maximum absolute atomic E-state index is 12.1. The zero-order chi connectivity index (χ0) is 22.7. The molecule has 0 bridgehead atoms. The van der Waals surface area contributed by atoms with E-state index >= 15 is 0 Å². The third kappa shape index (κ3) is 5.65. The fourth-order valence-corrected chi connectivity index (χ4v) is 3.99. The lowest BCUT2D eigenvalue weighted by Gasteiger charge is -2.15. The van der Waals surface area contributed by atoms with Crippen molar-refractivity contribution in [2.24, 2.45) is 0 Å². The zero-order valence-corrected chi connectivity index (χ0v) is 19.2. The Morgan fingerprint density at radius 2 is 2.13 bits per heavy atom.